The van der Waals surface area contributed by atoms with Gasteiger partial charge in [0.2, 0.25) is 5.91 Å². The van der Waals surface area contributed by atoms with Gasteiger partial charge in [0.1, 0.15) is 10.7 Å². The van der Waals surface area contributed by atoms with E-state index in [0.717, 1.165) is 45.8 Å². The van der Waals surface area contributed by atoms with Gasteiger partial charge in [0.15, 0.2) is 10.8 Å². The largest absolute Gasteiger partial charge is 0.325 e. The first kappa shape index (κ1) is 19.5. The van der Waals surface area contributed by atoms with Crippen LogP contribution in [0.3, 0.4) is 0 Å². The Bertz CT molecular complexity index is 1440. The zero-order chi connectivity index (χ0) is 21.5. The quantitative estimate of drug-likeness (QED) is 0.366. The van der Waals surface area contributed by atoms with Crippen LogP contribution in [0.4, 0.5) is 5.69 Å². The Kier molecular flexibility index (Phi) is 4.88. The molecule has 0 aliphatic heterocycles. The molecule has 0 saturated carbocycles. The number of aryl methyl sites for hydroxylation is 2. The van der Waals surface area contributed by atoms with Crippen LogP contribution in [-0.2, 0) is 17.6 Å². The third-order valence-electron chi connectivity index (χ3n) is 5.60. The fourth-order valence-corrected chi connectivity index (χ4v) is 6.18. The van der Waals surface area contributed by atoms with E-state index in [1.807, 2.05) is 65.1 Å². The molecule has 2 aromatic carbocycles. The smallest absolute Gasteiger partial charge is 0.234 e. The lowest BCUT2D eigenvalue weighted by Gasteiger charge is -2.09. The summed E-state index contributed by atoms with van der Waals surface area (Å²) in [7, 11) is 0. The molecule has 158 valence electrons. The molecule has 1 aliphatic carbocycles. The van der Waals surface area contributed by atoms with Gasteiger partial charge in [0.05, 0.1) is 11.1 Å². The predicted octanol–water partition coefficient (Wildman–Crippen LogP) is 5.23. The lowest BCUT2D eigenvalue weighted by Crippen LogP contribution is -2.14. The number of benzene rings is 2. The van der Waals surface area contributed by atoms with Crippen molar-refractivity contribution < 1.29 is 4.79 Å². The van der Waals surface area contributed by atoms with E-state index in [-0.39, 0.29) is 11.7 Å². The Morgan fingerprint density at radius 3 is 2.62 bits per heavy atom. The SMILES string of the molecule is O=C(CSc1nnc2c3c4c(sc3nc(-c3ccccc3)n12)CCC4)Nc1ccccc1. The molecule has 8 heteroatoms. The van der Waals surface area contributed by atoms with Crippen molar-refractivity contribution in [3.63, 3.8) is 0 Å². The van der Waals surface area contributed by atoms with Crippen LogP contribution >= 0.6 is 23.1 Å². The molecule has 0 atom stereocenters. The summed E-state index contributed by atoms with van der Waals surface area (Å²) in [4.78, 5) is 20.0. The highest BCUT2D eigenvalue weighted by atomic mass is 32.2. The number of thiophene rings is 1. The van der Waals surface area contributed by atoms with Crippen molar-refractivity contribution >= 4 is 50.6 Å². The number of para-hydroxylation sites is 1. The second-order valence-corrected chi connectivity index (χ2v) is 9.71. The minimum Gasteiger partial charge on any atom is -0.325 e. The van der Waals surface area contributed by atoms with Gasteiger partial charge in [-0.25, -0.2) is 4.98 Å². The molecule has 0 radical (unpaired) electrons. The molecule has 3 heterocycles. The molecular formula is C24H19N5OS2. The normalized spacial score (nSPS) is 13.0. The third-order valence-corrected chi connectivity index (χ3v) is 7.72. The van der Waals surface area contributed by atoms with Crippen molar-refractivity contribution in [3.05, 3.63) is 71.1 Å². The Balaban J connectivity index is 1.42. The van der Waals surface area contributed by atoms with E-state index in [0.29, 0.717) is 5.16 Å². The molecule has 6 rings (SSSR count). The highest BCUT2D eigenvalue weighted by Crippen LogP contribution is 2.40. The third kappa shape index (κ3) is 3.36. The van der Waals surface area contributed by atoms with E-state index in [2.05, 4.69) is 15.5 Å². The molecule has 0 fully saturated rings. The zero-order valence-corrected chi connectivity index (χ0v) is 18.7. The van der Waals surface area contributed by atoms with Gasteiger partial charge in [-0.2, -0.15) is 0 Å². The van der Waals surface area contributed by atoms with Gasteiger partial charge >= 0.3 is 0 Å². The Morgan fingerprint density at radius 1 is 1.03 bits per heavy atom. The molecule has 1 N–H and O–H groups in total. The summed E-state index contributed by atoms with van der Waals surface area (Å²) in [5.74, 6) is 0.970. The summed E-state index contributed by atoms with van der Waals surface area (Å²) < 4.78 is 2.02. The van der Waals surface area contributed by atoms with Crippen LogP contribution in [0.25, 0.3) is 27.3 Å². The summed E-state index contributed by atoms with van der Waals surface area (Å²) in [6.45, 7) is 0. The maximum absolute atomic E-state index is 12.5. The first-order valence-corrected chi connectivity index (χ1v) is 12.3. The van der Waals surface area contributed by atoms with Crippen LogP contribution in [-0.4, -0.2) is 31.2 Å². The topological polar surface area (TPSA) is 72.2 Å². The maximum Gasteiger partial charge on any atom is 0.234 e. The van der Waals surface area contributed by atoms with E-state index in [1.165, 1.54) is 28.6 Å². The lowest BCUT2D eigenvalue weighted by molar-refractivity contribution is -0.113. The number of fused-ring (bicyclic) bond motifs is 5. The van der Waals surface area contributed by atoms with Crippen molar-refractivity contribution in [1.29, 1.82) is 0 Å². The number of carbonyl (C=O) groups excluding carboxylic acids is 1. The molecule has 3 aromatic heterocycles. The predicted molar refractivity (Wildman–Crippen MR) is 129 cm³/mol. The highest BCUT2D eigenvalue weighted by Gasteiger charge is 2.25. The van der Waals surface area contributed by atoms with Crippen molar-refractivity contribution in [2.75, 3.05) is 11.1 Å². The fourth-order valence-electron chi connectivity index (χ4n) is 4.19. The standard InChI is InChI=1S/C24H19N5OS2/c30-19(25-16-10-5-2-6-11-16)14-31-24-28-27-22-20-17-12-7-13-18(17)32-23(20)26-21(29(22)24)15-8-3-1-4-9-15/h1-6,8-11H,7,12-14H2,(H,25,30). The fraction of sp³-hybridized carbons (Fsp3) is 0.167. The number of hydrogen-bond donors (Lipinski definition) is 1. The van der Waals surface area contributed by atoms with Crippen LogP contribution in [0.2, 0.25) is 0 Å². The van der Waals surface area contributed by atoms with Crippen LogP contribution < -0.4 is 5.32 Å². The number of carbonyl (C=O) groups is 1. The van der Waals surface area contributed by atoms with E-state index in [9.17, 15) is 4.79 Å². The number of nitrogens with zero attached hydrogens (tertiary/aromatic N) is 4. The summed E-state index contributed by atoms with van der Waals surface area (Å²) in [6.07, 6.45) is 3.35. The second-order valence-electron chi connectivity index (χ2n) is 7.68. The average Bonchev–Trinajstić information content (AvgIpc) is 3.53. The van der Waals surface area contributed by atoms with Crippen LogP contribution in [0.5, 0.6) is 0 Å². The van der Waals surface area contributed by atoms with Crippen molar-refractivity contribution in [2.24, 2.45) is 0 Å². The molecule has 0 saturated heterocycles. The number of hydrogen-bond acceptors (Lipinski definition) is 6. The van der Waals surface area contributed by atoms with E-state index in [1.54, 1.807) is 11.3 Å². The summed E-state index contributed by atoms with van der Waals surface area (Å²) in [5, 5.41) is 13.8. The van der Waals surface area contributed by atoms with Crippen LogP contribution in [0, 0.1) is 0 Å². The molecule has 1 aliphatic rings. The number of thioether (sulfide) groups is 1. The molecule has 1 amide bonds. The monoisotopic (exact) mass is 457 g/mol. The first-order valence-electron chi connectivity index (χ1n) is 10.5. The van der Waals surface area contributed by atoms with Crippen LogP contribution in [0.1, 0.15) is 16.9 Å². The van der Waals surface area contributed by atoms with E-state index < -0.39 is 0 Å². The summed E-state index contributed by atoms with van der Waals surface area (Å²) in [6, 6.07) is 19.6. The lowest BCUT2D eigenvalue weighted by atomic mass is 10.1. The van der Waals surface area contributed by atoms with Crippen molar-refractivity contribution in [3.8, 4) is 11.4 Å². The van der Waals surface area contributed by atoms with E-state index >= 15 is 0 Å². The number of anilines is 1. The highest BCUT2D eigenvalue weighted by molar-refractivity contribution is 7.99. The Labute approximate surface area is 192 Å². The second kappa shape index (κ2) is 8.03. The molecule has 6 nitrogen and oxygen atoms in total. The molecule has 32 heavy (non-hydrogen) atoms. The summed E-state index contributed by atoms with van der Waals surface area (Å²) in [5.41, 5.74) is 3.99. The maximum atomic E-state index is 12.5. The zero-order valence-electron chi connectivity index (χ0n) is 17.1. The van der Waals surface area contributed by atoms with Gasteiger partial charge in [-0.15, -0.1) is 21.5 Å². The summed E-state index contributed by atoms with van der Waals surface area (Å²) >= 11 is 3.15. The Morgan fingerprint density at radius 2 is 1.81 bits per heavy atom. The molecular weight excluding hydrogens is 438 g/mol. The average molecular weight is 458 g/mol. The van der Waals surface area contributed by atoms with E-state index in [4.69, 9.17) is 4.98 Å². The number of nitrogens with one attached hydrogen (secondary N) is 1. The van der Waals surface area contributed by atoms with Gasteiger partial charge in [-0.3, -0.25) is 9.20 Å². The van der Waals surface area contributed by atoms with Crippen molar-refractivity contribution in [1.82, 2.24) is 19.6 Å². The molecule has 0 unspecified atom stereocenters. The van der Waals surface area contributed by atoms with Crippen molar-refractivity contribution in [2.45, 2.75) is 24.4 Å². The minimum atomic E-state index is -0.0790. The van der Waals surface area contributed by atoms with Gasteiger partial charge < -0.3 is 5.32 Å². The first-order chi connectivity index (χ1) is 15.8. The van der Waals surface area contributed by atoms with Gasteiger partial charge in [-0.05, 0) is 37.0 Å². The molecule has 5 aromatic rings. The number of rotatable bonds is 5. The van der Waals surface area contributed by atoms with Crippen LogP contribution in [0.15, 0.2) is 65.8 Å². The molecule has 0 spiro atoms. The number of aromatic nitrogens is 4. The number of amides is 1. The van der Waals surface area contributed by atoms with Gasteiger partial charge in [0, 0.05) is 16.1 Å². The molecule has 0 bridgehead atoms. The Hall–Kier alpha value is -3.23. The van der Waals surface area contributed by atoms with Gasteiger partial charge in [-0.1, -0.05) is 60.3 Å². The minimum absolute atomic E-state index is 0.0790. The van der Waals surface area contributed by atoms with Gasteiger partial charge in [0.25, 0.3) is 0 Å².